The summed E-state index contributed by atoms with van der Waals surface area (Å²) >= 11 is 0. The molecule has 5 fully saturated rings. The van der Waals surface area contributed by atoms with E-state index in [4.69, 9.17) is 18.9 Å². The molecule has 2 aliphatic carbocycles. The number of fused-ring (bicyclic) bond motifs is 1. The van der Waals surface area contributed by atoms with E-state index in [1.54, 1.807) is 0 Å². The number of nitrogens with one attached hydrogen (secondary N) is 2. The monoisotopic (exact) mass is 590 g/mol. The van der Waals surface area contributed by atoms with Crippen molar-refractivity contribution in [2.75, 3.05) is 13.2 Å². The normalized spacial score (nSPS) is 38.2. The Kier molecular flexibility index (Phi) is 9.15. The van der Waals surface area contributed by atoms with Gasteiger partial charge in [-0.2, -0.15) is 0 Å². The molecule has 0 radical (unpaired) electrons. The molecule has 0 bridgehead atoms. The summed E-state index contributed by atoms with van der Waals surface area (Å²) in [5, 5.41) is 7.32. The van der Waals surface area contributed by atoms with Crippen LogP contribution < -0.4 is 10.6 Å². The fraction of sp³-hybridized carbons (Fsp3) is 0.941. The summed E-state index contributed by atoms with van der Waals surface area (Å²) in [7, 11) is 0. The molecule has 5 aliphatic rings. The van der Waals surface area contributed by atoms with E-state index in [2.05, 4.69) is 66.0 Å². The molecule has 0 aromatic rings. The zero-order chi connectivity index (χ0) is 30.5. The first-order chi connectivity index (χ1) is 19.5. The third-order valence-electron chi connectivity index (χ3n) is 10.5. The van der Waals surface area contributed by atoms with Crippen molar-refractivity contribution in [3.63, 3.8) is 0 Å². The summed E-state index contributed by atoms with van der Waals surface area (Å²) in [5.41, 5.74) is -0.212. The second kappa shape index (κ2) is 11.9. The third-order valence-corrected chi connectivity index (χ3v) is 10.5. The largest absolute Gasteiger partial charge is 0.462 e. The first-order valence-electron chi connectivity index (χ1n) is 16.7. The Balaban J connectivity index is 1.05. The van der Waals surface area contributed by atoms with Crippen molar-refractivity contribution in [3.05, 3.63) is 0 Å². The lowest BCUT2D eigenvalue weighted by atomic mass is 9.64. The van der Waals surface area contributed by atoms with Gasteiger partial charge < -0.3 is 29.6 Å². The van der Waals surface area contributed by atoms with Gasteiger partial charge >= 0.3 is 11.9 Å². The second-order valence-electron chi connectivity index (χ2n) is 17.1. The summed E-state index contributed by atoms with van der Waals surface area (Å²) in [6, 6.07) is 0. The molecule has 8 nitrogen and oxygen atoms in total. The van der Waals surface area contributed by atoms with E-state index >= 15 is 0 Å². The molecular formula is C34H58N2O6. The number of carbonyl (C=O) groups excluding carboxylic acids is 2. The topological polar surface area (TPSA) is 95.1 Å². The van der Waals surface area contributed by atoms with Crippen LogP contribution in [0.3, 0.4) is 0 Å². The van der Waals surface area contributed by atoms with E-state index in [0.29, 0.717) is 31.0 Å². The summed E-state index contributed by atoms with van der Waals surface area (Å²) < 4.78 is 24.4. The average molecular weight is 591 g/mol. The Morgan fingerprint density at radius 1 is 0.571 bits per heavy atom. The Morgan fingerprint density at radius 2 is 0.976 bits per heavy atom. The van der Waals surface area contributed by atoms with E-state index in [0.717, 1.165) is 64.2 Å². The van der Waals surface area contributed by atoms with Crippen LogP contribution in [0.1, 0.15) is 120 Å². The lowest BCUT2D eigenvalue weighted by Gasteiger charge is -2.47. The van der Waals surface area contributed by atoms with E-state index in [1.807, 2.05) is 0 Å². The van der Waals surface area contributed by atoms with Crippen molar-refractivity contribution in [3.8, 4) is 0 Å². The molecule has 2 saturated carbocycles. The summed E-state index contributed by atoms with van der Waals surface area (Å²) in [4.78, 5) is 26.2. The molecular weight excluding hydrogens is 532 g/mol. The fourth-order valence-corrected chi connectivity index (χ4v) is 9.46. The van der Waals surface area contributed by atoms with Crippen LogP contribution in [0.5, 0.6) is 0 Å². The summed E-state index contributed by atoms with van der Waals surface area (Å²) in [5.74, 6) is 0.992. The van der Waals surface area contributed by atoms with Crippen LogP contribution >= 0.6 is 0 Å². The Bertz CT molecular complexity index is 950. The van der Waals surface area contributed by atoms with Crippen molar-refractivity contribution in [2.24, 2.45) is 29.6 Å². The molecule has 0 aromatic heterocycles. The van der Waals surface area contributed by atoms with Gasteiger partial charge in [-0.1, -0.05) is 0 Å². The van der Waals surface area contributed by atoms with Crippen LogP contribution in [0.4, 0.5) is 0 Å². The zero-order valence-electron chi connectivity index (χ0n) is 27.6. The van der Waals surface area contributed by atoms with Crippen molar-refractivity contribution >= 4 is 11.9 Å². The van der Waals surface area contributed by atoms with Gasteiger partial charge in [0.1, 0.15) is 18.1 Å². The quantitative estimate of drug-likeness (QED) is 0.405. The molecule has 0 aromatic carbocycles. The van der Waals surface area contributed by atoms with Crippen LogP contribution in [0.25, 0.3) is 0 Å². The van der Waals surface area contributed by atoms with E-state index in [-0.39, 0.29) is 64.4 Å². The molecule has 4 unspecified atom stereocenters. The van der Waals surface area contributed by atoms with Crippen LogP contribution in [-0.4, -0.2) is 65.8 Å². The van der Waals surface area contributed by atoms with Gasteiger partial charge in [-0.3, -0.25) is 9.59 Å². The zero-order valence-corrected chi connectivity index (χ0v) is 27.6. The summed E-state index contributed by atoms with van der Waals surface area (Å²) in [6.07, 6.45) is 9.09. The predicted molar refractivity (Wildman–Crippen MR) is 162 cm³/mol. The molecule has 0 amide bonds. The predicted octanol–water partition coefficient (Wildman–Crippen LogP) is 5.51. The van der Waals surface area contributed by atoms with Crippen LogP contribution in [0.15, 0.2) is 0 Å². The lowest BCUT2D eigenvalue weighted by molar-refractivity contribution is -0.237. The minimum absolute atomic E-state index is 0.0163. The Morgan fingerprint density at radius 3 is 1.48 bits per heavy atom. The lowest BCUT2D eigenvalue weighted by Crippen LogP contribution is -2.60. The highest BCUT2D eigenvalue weighted by molar-refractivity contribution is 5.73. The maximum Gasteiger partial charge on any atom is 0.313 e. The average Bonchev–Trinajstić information content (AvgIpc) is 2.84. The van der Waals surface area contributed by atoms with E-state index < -0.39 is 0 Å². The van der Waals surface area contributed by atoms with Crippen molar-refractivity contribution in [1.29, 1.82) is 0 Å². The molecule has 4 atom stereocenters. The number of ether oxygens (including phenoxy) is 4. The van der Waals surface area contributed by atoms with Gasteiger partial charge in [-0.15, -0.1) is 0 Å². The number of esters is 2. The standard InChI is InChI=1S/C34H58N2O6/c1-31(2)15-26(16-32(3,4)35-31)41-28(37)23-11-9-22-14-24(12-10-21(22)13-23)30-39-19-25(20-40-30)29(38)42-27-17-33(5,6)36-34(7,8)18-27/h21-27,30,35-36H,9-20H2,1-8H3. The van der Waals surface area contributed by atoms with Gasteiger partial charge in [0, 0.05) is 53.8 Å². The number of hydrogen-bond acceptors (Lipinski definition) is 8. The summed E-state index contributed by atoms with van der Waals surface area (Å²) in [6.45, 7) is 18.2. The molecule has 3 saturated heterocycles. The highest BCUT2D eigenvalue weighted by Crippen LogP contribution is 2.47. The number of carbonyl (C=O) groups is 2. The molecule has 0 spiro atoms. The molecule has 2 N–H and O–H groups in total. The van der Waals surface area contributed by atoms with Gasteiger partial charge in [-0.05, 0) is 106 Å². The number of piperidine rings is 2. The van der Waals surface area contributed by atoms with Gasteiger partial charge in [0.2, 0.25) is 0 Å². The third kappa shape index (κ3) is 8.08. The Hall–Kier alpha value is -1.22. The first-order valence-corrected chi connectivity index (χ1v) is 16.7. The fourth-order valence-electron chi connectivity index (χ4n) is 9.46. The van der Waals surface area contributed by atoms with Gasteiger partial charge in [0.05, 0.1) is 19.1 Å². The molecule has 42 heavy (non-hydrogen) atoms. The second-order valence-corrected chi connectivity index (χ2v) is 17.1. The first kappa shape index (κ1) is 32.2. The molecule has 3 heterocycles. The van der Waals surface area contributed by atoms with Crippen molar-refractivity contribution in [2.45, 2.75) is 160 Å². The van der Waals surface area contributed by atoms with Crippen molar-refractivity contribution in [1.82, 2.24) is 10.6 Å². The molecule has 8 heteroatoms. The minimum Gasteiger partial charge on any atom is -0.462 e. The van der Waals surface area contributed by atoms with E-state index in [1.165, 1.54) is 0 Å². The number of hydrogen-bond donors (Lipinski definition) is 2. The van der Waals surface area contributed by atoms with E-state index in [9.17, 15) is 9.59 Å². The molecule has 5 rings (SSSR count). The van der Waals surface area contributed by atoms with Gasteiger partial charge in [0.25, 0.3) is 0 Å². The van der Waals surface area contributed by atoms with Crippen LogP contribution in [-0.2, 0) is 28.5 Å². The SMILES string of the molecule is CC1(C)CC(OC(=O)C2COC(C3CCC4CC(C(=O)OC5CC(C)(C)NC(C)(C)C5)CCC4C3)OC2)CC(C)(C)N1. The van der Waals surface area contributed by atoms with Crippen LogP contribution in [0.2, 0.25) is 0 Å². The van der Waals surface area contributed by atoms with Crippen molar-refractivity contribution < 1.29 is 28.5 Å². The highest BCUT2D eigenvalue weighted by Gasteiger charge is 2.45. The van der Waals surface area contributed by atoms with Gasteiger partial charge in [-0.25, -0.2) is 0 Å². The molecule has 240 valence electrons. The van der Waals surface area contributed by atoms with Gasteiger partial charge in [0.15, 0.2) is 6.29 Å². The highest BCUT2D eigenvalue weighted by atomic mass is 16.7. The minimum atomic E-state index is -0.365. The Labute approximate surface area is 254 Å². The van der Waals surface area contributed by atoms with Crippen LogP contribution in [0, 0.1) is 29.6 Å². The smallest absolute Gasteiger partial charge is 0.313 e. The number of rotatable bonds is 5. The maximum absolute atomic E-state index is 13.2. The molecule has 3 aliphatic heterocycles. The maximum atomic E-state index is 13.2.